The SMILES string of the molecule is CCOC(=O)C1=C(c2ccccc2)N=c2sc(=Cc3ccc(O)cc3)c(=O)n2C1c1cccc(OC)c1OC. The van der Waals surface area contributed by atoms with Crippen LogP contribution in [0.3, 0.4) is 0 Å². The average molecular weight is 543 g/mol. The first-order valence-corrected chi connectivity index (χ1v) is 13.1. The van der Waals surface area contributed by atoms with Crippen LogP contribution >= 0.6 is 11.3 Å². The smallest absolute Gasteiger partial charge is 0.338 e. The molecule has 0 aliphatic carbocycles. The van der Waals surface area contributed by atoms with Crippen LogP contribution in [0, 0.1) is 0 Å². The van der Waals surface area contributed by atoms with E-state index in [2.05, 4.69) is 0 Å². The van der Waals surface area contributed by atoms with Crippen molar-refractivity contribution in [2.24, 2.45) is 4.99 Å². The number of rotatable bonds is 7. The molecule has 1 N–H and O–H groups in total. The van der Waals surface area contributed by atoms with Gasteiger partial charge < -0.3 is 19.3 Å². The topological polar surface area (TPSA) is 99.4 Å². The summed E-state index contributed by atoms with van der Waals surface area (Å²) in [6.45, 7) is 1.88. The van der Waals surface area contributed by atoms with Crippen molar-refractivity contribution >= 4 is 29.1 Å². The number of thiazole rings is 1. The number of ether oxygens (including phenoxy) is 3. The van der Waals surface area contributed by atoms with Crippen molar-refractivity contribution < 1.29 is 24.1 Å². The molecule has 1 aromatic heterocycles. The van der Waals surface area contributed by atoms with Crippen LogP contribution in [-0.2, 0) is 9.53 Å². The first-order valence-electron chi connectivity index (χ1n) is 12.2. The first-order chi connectivity index (χ1) is 19.0. The normalized spacial score (nSPS) is 14.9. The summed E-state index contributed by atoms with van der Waals surface area (Å²) in [7, 11) is 3.05. The maximum Gasteiger partial charge on any atom is 0.338 e. The molecule has 198 valence electrons. The third kappa shape index (κ3) is 4.84. The fourth-order valence-electron chi connectivity index (χ4n) is 4.58. The molecule has 0 spiro atoms. The molecule has 39 heavy (non-hydrogen) atoms. The van der Waals surface area contributed by atoms with Crippen molar-refractivity contribution in [2.75, 3.05) is 20.8 Å². The van der Waals surface area contributed by atoms with Gasteiger partial charge in [-0.3, -0.25) is 9.36 Å². The number of aromatic nitrogens is 1. The third-order valence-electron chi connectivity index (χ3n) is 6.29. The molecular formula is C30H26N2O6S. The fourth-order valence-corrected chi connectivity index (χ4v) is 5.58. The number of nitrogens with zero attached hydrogens (tertiary/aromatic N) is 2. The van der Waals surface area contributed by atoms with E-state index in [0.29, 0.717) is 37.7 Å². The lowest BCUT2D eigenvalue weighted by Crippen LogP contribution is -2.40. The van der Waals surface area contributed by atoms with Gasteiger partial charge in [-0.05, 0) is 36.8 Å². The standard InChI is InChI=1S/C30H26N2O6S/c1-4-38-29(35)24-25(19-9-6-5-7-10-19)31-30-32(26(24)21-11-8-12-22(36-2)27(21)37-3)28(34)23(39-30)17-18-13-15-20(33)16-14-18/h5-17,26,33H,4H2,1-3H3. The van der Waals surface area contributed by atoms with Crippen LogP contribution in [0.1, 0.15) is 29.7 Å². The van der Waals surface area contributed by atoms with E-state index in [4.69, 9.17) is 19.2 Å². The largest absolute Gasteiger partial charge is 0.508 e. The molecule has 0 bridgehead atoms. The molecule has 0 amide bonds. The van der Waals surface area contributed by atoms with Gasteiger partial charge in [0, 0.05) is 11.1 Å². The molecule has 9 heteroatoms. The number of fused-ring (bicyclic) bond motifs is 1. The van der Waals surface area contributed by atoms with Crippen molar-refractivity contribution in [2.45, 2.75) is 13.0 Å². The maximum atomic E-state index is 14.0. The number of carbonyl (C=O) groups excluding carboxylic acids is 1. The molecule has 0 saturated heterocycles. The molecule has 0 fully saturated rings. The summed E-state index contributed by atoms with van der Waals surface area (Å²) >= 11 is 1.22. The van der Waals surface area contributed by atoms with Crippen molar-refractivity contribution in [3.05, 3.63) is 115 Å². The number of phenols is 1. The molecule has 3 aromatic carbocycles. The summed E-state index contributed by atoms with van der Waals surface area (Å²) in [5, 5.41) is 9.66. The van der Waals surface area contributed by atoms with Crippen LogP contribution in [0.15, 0.2) is 88.2 Å². The molecule has 1 unspecified atom stereocenters. The summed E-state index contributed by atoms with van der Waals surface area (Å²) in [4.78, 5) is 32.9. The van der Waals surface area contributed by atoms with Crippen molar-refractivity contribution in [1.82, 2.24) is 4.57 Å². The van der Waals surface area contributed by atoms with E-state index in [9.17, 15) is 14.7 Å². The minimum absolute atomic E-state index is 0.130. The van der Waals surface area contributed by atoms with Crippen LogP contribution in [0.25, 0.3) is 11.8 Å². The first kappa shape index (κ1) is 26.0. The van der Waals surface area contributed by atoms with Gasteiger partial charge in [-0.2, -0.15) is 0 Å². The Kier molecular flexibility index (Phi) is 7.33. The molecule has 8 nitrogen and oxygen atoms in total. The minimum Gasteiger partial charge on any atom is -0.508 e. The Morgan fingerprint density at radius 1 is 1.03 bits per heavy atom. The minimum atomic E-state index is -0.900. The summed E-state index contributed by atoms with van der Waals surface area (Å²) in [5.74, 6) is 0.407. The quantitative estimate of drug-likeness (QED) is 0.358. The molecular weight excluding hydrogens is 516 g/mol. The predicted molar refractivity (Wildman–Crippen MR) is 149 cm³/mol. The van der Waals surface area contributed by atoms with E-state index in [1.54, 1.807) is 55.5 Å². The molecule has 1 aliphatic rings. The molecule has 0 radical (unpaired) electrons. The Morgan fingerprint density at radius 3 is 2.44 bits per heavy atom. The molecule has 4 aromatic rings. The lowest BCUT2D eigenvalue weighted by atomic mass is 9.92. The van der Waals surface area contributed by atoms with E-state index < -0.39 is 12.0 Å². The van der Waals surface area contributed by atoms with Gasteiger partial charge in [0.15, 0.2) is 16.3 Å². The van der Waals surface area contributed by atoms with E-state index >= 15 is 0 Å². The van der Waals surface area contributed by atoms with E-state index in [-0.39, 0.29) is 23.5 Å². The van der Waals surface area contributed by atoms with Crippen LogP contribution in [-0.4, -0.2) is 36.5 Å². The third-order valence-corrected chi connectivity index (χ3v) is 7.28. The van der Waals surface area contributed by atoms with E-state index in [1.807, 2.05) is 30.3 Å². The van der Waals surface area contributed by atoms with Crippen LogP contribution in [0.2, 0.25) is 0 Å². The predicted octanol–water partition coefficient (Wildman–Crippen LogP) is 3.66. The zero-order valence-corrected chi connectivity index (χ0v) is 22.4. The zero-order valence-electron chi connectivity index (χ0n) is 21.6. The summed E-state index contributed by atoms with van der Waals surface area (Å²) in [5.41, 5.74) is 2.32. The number of carbonyl (C=O) groups is 1. The lowest BCUT2D eigenvalue weighted by Gasteiger charge is -2.27. The summed E-state index contributed by atoms with van der Waals surface area (Å²) in [6, 6.07) is 20.3. The number of para-hydroxylation sites is 1. The van der Waals surface area contributed by atoms with Gasteiger partial charge in [-0.1, -0.05) is 65.9 Å². The monoisotopic (exact) mass is 542 g/mol. The second kappa shape index (κ2) is 11.0. The Labute approximate surface area is 228 Å². The van der Waals surface area contributed by atoms with Gasteiger partial charge in [-0.25, -0.2) is 9.79 Å². The molecule has 1 aliphatic heterocycles. The Hall–Kier alpha value is -4.63. The number of methoxy groups -OCH3 is 2. The van der Waals surface area contributed by atoms with Gasteiger partial charge in [-0.15, -0.1) is 0 Å². The van der Waals surface area contributed by atoms with Gasteiger partial charge in [0.2, 0.25) is 0 Å². The zero-order chi connectivity index (χ0) is 27.5. The second-order valence-electron chi connectivity index (χ2n) is 8.61. The van der Waals surface area contributed by atoms with E-state index in [0.717, 1.165) is 5.56 Å². The number of hydrogen-bond acceptors (Lipinski definition) is 8. The summed E-state index contributed by atoms with van der Waals surface area (Å²) < 4.78 is 18.7. The Balaban J connectivity index is 1.88. The number of benzene rings is 3. The highest BCUT2D eigenvalue weighted by Gasteiger charge is 2.37. The van der Waals surface area contributed by atoms with Crippen molar-refractivity contribution in [3.63, 3.8) is 0 Å². The fraction of sp³-hybridized carbons (Fsp3) is 0.167. The van der Waals surface area contributed by atoms with Crippen molar-refractivity contribution in [1.29, 1.82) is 0 Å². The van der Waals surface area contributed by atoms with Gasteiger partial charge in [0.05, 0.1) is 36.6 Å². The number of phenolic OH excluding ortho intramolecular Hbond substituents is 1. The average Bonchev–Trinajstić information content (AvgIpc) is 3.27. The van der Waals surface area contributed by atoms with Crippen molar-refractivity contribution in [3.8, 4) is 17.2 Å². The molecule has 5 rings (SSSR count). The van der Waals surface area contributed by atoms with Crippen LogP contribution in [0.5, 0.6) is 17.2 Å². The highest BCUT2D eigenvalue weighted by atomic mass is 32.1. The Morgan fingerprint density at radius 2 is 1.77 bits per heavy atom. The lowest BCUT2D eigenvalue weighted by molar-refractivity contribution is -0.138. The van der Waals surface area contributed by atoms with Gasteiger partial charge in [0.25, 0.3) is 5.56 Å². The highest BCUT2D eigenvalue weighted by Crippen LogP contribution is 2.42. The Bertz CT molecular complexity index is 1740. The second-order valence-corrected chi connectivity index (χ2v) is 9.61. The highest BCUT2D eigenvalue weighted by molar-refractivity contribution is 7.07. The van der Waals surface area contributed by atoms with Gasteiger partial charge >= 0.3 is 5.97 Å². The molecule has 1 atom stereocenters. The number of hydrogen-bond donors (Lipinski definition) is 1. The maximum absolute atomic E-state index is 14.0. The van der Waals surface area contributed by atoms with E-state index in [1.165, 1.54) is 30.1 Å². The number of aromatic hydroxyl groups is 1. The van der Waals surface area contributed by atoms with Gasteiger partial charge in [0.1, 0.15) is 11.8 Å². The molecule has 2 heterocycles. The summed E-state index contributed by atoms with van der Waals surface area (Å²) in [6.07, 6.45) is 1.74. The van der Waals surface area contributed by atoms with Crippen LogP contribution in [0.4, 0.5) is 0 Å². The van der Waals surface area contributed by atoms with Crippen LogP contribution < -0.4 is 24.4 Å². The molecule has 0 saturated carbocycles. The number of esters is 1.